The second kappa shape index (κ2) is 7.40. The van der Waals surface area contributed by atoms with Crippen molar-refractivity contribution in [3.63, 3.8) is 0 Å². The molecule has 114 valence electrons. The highest BCUT2D eigenvalue weighted by atomic mass is 32.2. The van der Waals surface area contributed by atoms with Gasteiger partial charge in [-0.25, -0.2) is 8.78 Å². The van der Waals surface area contributed by atoms with Gasteiger partial charge in [-0.3, -0.25) is 9.59 Å². The van der Waals surface area contributed by atoms with E-state index in [1.54, 1.807) is 4.90 Å². The van der Waals surface area contributed by atoms with Gasteiger partial charge in [0.25, 0.3) is 0 Å². The number of amides is 2. The highest BCUT2D eigenvalue weighted by Crippen LogP contribution is 2.20. The van der Waals surface area contributed by atoms with Gasteiger partial charge in [-0.1, -0.05) is 0 Å². The summed E-state index contributed by atoms with van der Waals surface area (Å²) >= 11 is 1.09. The fraction of sp³-hybridized carbons (Fsp3) is 0.429. The van der Waals surface area contributed by atoms with Gasteiger partial charge in [0.1, 0.15) is 0 Å². The van der Waals surface area contributed by atoms with Crippen LogP contribution >= 0.6 is 11.8 Å². The van der Waals surface area contributed by atoms with Crippen LogP contribution in [0.1, 0.15) is 12.8 Å². The van der Waals surface area contributed by atoms with E-state index >= 15 is 0 Å². The van der Waals surface area contributed by atoms with Crippen LogP contribution in [0.3, 0.4) is 0 Å². The Kier molecular flexibility index (Phi) is 5.55. The van der Waals surface area contributed by atoms with E-state index in [0.29, 0.717) is 4.90 Å². The van der Waals surface area contributed by atoms with Gasteiger partial charge < -0.3 is 10.2 Å². The van der Waals surface area contributed by atoms with Crippen LogP contribution in [-0.2, 0) is 9.59 Å². The van der Waals surface area contributed by atoms with Crippen molar-refractivity contribution in [3.8, 4) is 0 Å². The van der Waals surface area contributed by atoms with Crippen molar-refractivity contribution >= 4 is 23.6 Å². The molecule has 1 aromatic carbocycles. The molecule has 1 heterocycles. The van der Waals surface area contributed by atoms with Crippen molar-refractivity contribution in [3.05, 3.63) is 29.8 Å². The highest BCUT2D eigenvalue weighted by molar-refractivity contribution is 8.00. The Morgan fingerprint density at radius 2 is 1.90 bits per heavy atom. The third-order valence-electron chi connectivity index (χ3n) is 3.16. The van der Waals surface area contributed by atoms with Crippen molar-refractivity contribution in [2.24, 2.45) is 0 Å². The molecule has 1 aliphatic rings. The van der Waals surface area contributed by atoms with Crippen molar-refractivity contribution in [1.29, 1.82) is 0 Å². The normalized spacial score (nSPS) is 14.3. The summed E-state index contributed by atoms with van der Waals surface area (Å²) in [6, 6.07) is 3.47. The van der Waals surface area contributed by atoms with Gasteiger partial charge in [0.2, 0.25) is 11.8 Å². The maximum Gasteiger partial charge on any atom is 0.241 e. The minimum atomic E-state index is -0.940. The number of carbonyl (C=O) groups excluding carboxylic acids is 2. The molecule has 1 aromatic rings. The first-order valence-corrected chi connectivity index (χ1v) is 7.67. The van der Waals surface area contributed by atoms with Crippen LogP contribution < -0.4 is 5.32 Å². The molecule has 2 amide bonds. The Bertz CT molecular complexity index is 534. The zero-order valence-corrected chi connectivity index (χ0v) is 12.2. The Morgan fingerprint density at radius 3 is 2.57 bits per heavy atom. The number of halogens is 2. The molecule has 0 radical (unpaired) electrons. The lowest BCUT2D eigenvalue weighted by Gasteiger charge is -2.15. The largest absolute Gasteiger partial charge is 0.346 e. The predicted molar refractivity (Wildman–Crippen MR) is 75.9 cm³/mol. The van der Waals surface area contributed by atoms with Gasteiger partial charge >= 0.3 is 0 Å². The molecular weight excluding hydrogens is 298 g/mol. The summed E-state index contributed by atoms with van der Waals surface area (Å²) in [6.45, 7) is 1.48. The van der Waals surface area contributed by atoms with Gasteiger partial charge in [0.15, 0.2) is 11.6 Å². The summed E-state index contributed by atoms with van der Waals surface area (Å²) in [5, 5.41) is 2.54. The Balaban J connectivity index is 1.71. The Morgan fingerprint density at radius 1 is 1.19 bits per heavy atom. The quantitative estimate of drug-likeness (QED) is 0.843. The van der Waals surface area contributed by atoms with Gasteiger partial charge in [-0.2, -0.15) is 0 Å². The molecule has 0 aliphatic carbocycles. The number of rotatable bonds is 5. The second-order valence-corrected chi connectivity index (χ2v) is 5.78. The van der Waals surface area contributed by atoms with E-state index < -0.39 is 11.6 Å². The number of thioether (sulfide) groups is 1. The van der Waals surface area contributed by atoms with Gasteiger partial charge in [-0.15, -0.1) is 11.8 Å². The molecule has 1 aliphatic heterocycles. The van der Waals surface area contributed by atoms with Crippen LogP contribution in [0.15, 0.2) is 23.1 Å². The summed E-state index contributed by atoms with van der Waals surface area (Å²) in [5.41, 5.74) is 0. The van der Waals surface area contributed by atoms with Crippen LogP contribution in [-0.4, -0.2) is 42.1 Å². The molecule has 0 saturated carbocycles. The molecule has 1 fully saturated rings. The maximum atomic E-state index is 13.0. The van der Waals surface area contributed by atoms with E-state index in [1.165, 1.54) is 6.07 Å². The zero-order chi connectivity index (χ0) is 15.2. The number of nitrogens with zero attached hydrogens (tertiary/aromatic N) is 1. The van der Waals surface area contributed by atoms with E-state index in [2.05, 4.69) is 5.32 Å². The molecule has 0 bridgehead atoms. The zero-order valence-electron chi connectivity index (χ0n) is 11.4. The van der Waals surface area contributed by atoms with Crippen molar-refractivity contribution in [2.75, 3.05) is 25.4 Å². The van der Waals surface area contributed by atoms with Crippen LogP contribution in [0.5, 0.6) is 0 Å². The average Bonchev–Trinajstić information content (AvgIpc) is 3.00. The van der Waals surface area contributed by atoms with E-state index in [0.717, 1.165) is 49.8 Å². The molecule has 2 rings (SSSR count). The first-order valence-electron chi connectivity index (χ1n) is 6.68. The van der Waals surface area contributed by atoms with Crippen molar-refractivity contribution in [2.45, 2.75) is 17.7 Å². The summed E-state index contributed by atoms with van der Waals surface area (Å²) in [6.07, 6.45) is 2.01. The van der Waals surface area contributed by atoms with E-state index in [1.807, 2.05) is 0 Å². The summed E-state index contributed by atoms with van der Waals surface area (Å²) in [4.78, 5) is 25.5. The molecule has 1 N–H and O–H groups in total. The topological polar surface area (TPSA) is 49.4 Å². The van der Waals surface area contributed by atoms with Gasteiger partial charge in [0.05, 0.1) is 12.3 Å². The molecule has 0 aromatic heterocycles. The smallest absolute Gasteiger partial charge is 0.241 e. The van der Waals surface area contributed by atoms with Crippen molar-refractivity contribution < 1.29 is 18.4 Å². The average molecular weight is 314 g/mol. The minimum absolute atomic E-state index is 0.0167. The number of hydrogen-bond donors (Lipinski definition) is 1. The fourth-order valence-corrected chi connectivity index (χ4v) is 2.77. The van der Waals surface area contributed by atoms with Gasteiger partial charge in [0, 0.05) is 18.0 Å². The van der Waals surface area contributed by atoms with E-state index in [9.17, 15) is 18.4 Å². The Hall–Kier alpha value is -1.63. The van der Waals surface area contributed by atoms with E-state index in [4.69, 9.17) is 0 Å². The lowest BCUT2D eigenvalue weighted by Crippen LogP contribution is -2.39. The standard InChI is InChI=1S/C14H16F2N2O2S/c15-11-4-3-10(7-12(11)16)21-9-13(19)17-8-14(20)18-5-1-2-6-18/h3-4,7H,1-2,5-6,8-9H2,(H,17,19). The number of benzene rings is 1. The summed E-state index contributed by atoms with van der Waals surface area (Å²) < 4.78 is 25.7. The Labute approximate surface area is 125 Å². The molecule has 21 heavy (non-hydrogen) atoms. The minimum Gasteiger partial charge on any atom is -0.346 e. The second-order valence-electron chi connectivity index (χ2n) is 4.73. The predicted octanol–water partition coefficient (Wildman–Crippen LogP) is 1.80. The monoisotopic (exact) mass is 314 g/mol. The maximum absolute atomic E-state index is 13.0. The van der Waals surface area contributed by atoms with Crippen LogP contribution in [0.4, 0.5) is 8.78 Å². The molecule has 1 saturated heterocycles. The molecule has 0 unspecified atom stereocenters. The molecule has 7 heteroatoms. The lowest BCUT2D eigenvalue weighted by molar-refractivity contribution is -0.131. The third-order valence-corrected chi connectivity index (χ3v) is 4.15. The van der Waals surface area contributed by atoms with E-state index in [-0.39, 0.29) is 24.1 Å². The molecule has 4 nitrogen and oxygen atoms in total. The summed E-state index contributed by atoms with van der Waals surface area (Å²) in [5.74, 6) is -2.20. The van der Waals surface area contributed by atoms with Crippen LogP contribution in [0.25, 0.3) is 0 Å². The first-order chi connectivity index (χ1) is 10.1. The molecular formula is C14H16F2N2O2S. The summed E-state index contributed by atoms with van der Waals surface area (Å²) in [7, 11) is 0. The fourth-order valence-electron chi connectivity index (χ4n) is 2.02. The number of nitrogens with one attached hydrogen (secondary N) is 1. The lowest BCUT2D eigenvalue weighted by atomic mass is 10.3. The number of carbonyl (C=O) groups is 2. The number of hydrogen-bond acceptors (Lipinski definition) is 3. The number of likely N-dealkylation sites (tertiary alicyclic amines) is 1. The highest BCUT2D eigenvalue weighted by Gasteiger charge is 2.18. The SMILES string of the molecule is O=C(CSc1ccc(F)c(F)c1)NCC(=O)N1CCCC1. The van der Waals surface area contributed by atoms with Crippen LogP contribution in [0, 0.1) is 11.6 Å². The third kappa shape index (κ3) is 4.70. The molecule has 0 atom stereocenters. The first kappa shape index (κ1) is 15.8. The molecule has 0 spiro atoms. The van der Waals surface area contributed by atoms with Gasteiger partial charge in [-0.05, 0) is 31.0 Å². The van der Waals surface area contributed by atoms with Crippen molar-refractivity contribution in [1.82, 2.24) is 10.2 Å². The van der Waals surface area contributed by atoms with Crippen LogP contribution in [0.2, 0.25) is 0 Å².